The zero-order chi connectivity index (χ0) is 14.1. The van der Waals surface area contributed by atoms with Gasteiger partial charge in [0.1, 0.15) is 5.75 Å². The number of ether oxygens (including phenoxy) is 2. The maximum absolute atomic E-state index is 9.72. The molecule has 1 rings (SSSR count). The maximum atomic E-state index is 9.72. The van der Waals surface area contributed by atoms with Gasteiger partial charge in [0.05, 0.1) is 25.4 Å². The summed E-state index contributed by atoms with van der Waals surface area (Å²) in [6.45, 7) is 7.54. The summed E-state index contributed by atoms with van der Waals surface area (Å²) in [5, 5.41) is 12.9. The van der Waals surface area contributed by atoms with Gasteiger partial charge in [-0.2, -0.15) is 0 Å². The van der Waals surface area contributed by atoms with E-state index in [2.05, 4.69) is 12.2 Å². The quantitative estimate of drug-likeness (QED) is 0.722. The highest BCUT2D eigenvalue weighted by atomic mass is 16.5. The number of nitrogens with one attached hydrogen (secondary N) is 1. The molecular weight excluding hydrogens is 242 g/mol. The number of aliphatic hydroxyl groups is 1. The molecule has 0 heterocycles. The molecule has 0 aromatic heterocycles. The van der Waals surface area contributed by atoms with Crippen LogP contribution in [-0.4, -0.2) is 37.1 Å². The van der Waals surface area contributed by atoms with Gasteiger partial charge in [0.2, 0.25) is 0 Å². The Kier molecular flexibility index (Phi) is 7.30. The maximum Gasteiger partial charge on any atom is 0.119 e. The fourth-order valence-corrected chi connectivity index (χ4v) is 1.49. The molecule has 4 heteroatoms. The molecule has 0 bridgehead atoms. The van der Waals surface area contributed by atoms with Crippen LogP contribution in [0.4, 0.5) is 5.69 Å². The highest BCUT2D eigenvalue weighted by molar-refractivity contribution is 5.46. The molecule has 0 saturated carbocycles. The number of rotatable bonds is 9. The molecule has 1 aromatic rings. The van der Waals surface area contributed by atoms with Crippen LogP contribution in [0.2, 0.25) is 0 Å². The summed E-state index contributed by atoms with van der Waals surface area (Å²) < 4.78 is 10.8. The van der Waals surface area contributed by atoms with Crippen molar-refractivity contribution in [2.24, 2.45) is 0 Å². The molecule has 0 aliphatic heterocycles. The SMILES string of the molecule is CCCOc1ccc(NCC(O)COC(C)C)cc1. The lowest BCUT2D eigenvalue weighted by Gasteiger charge is -2.15. The Morgan fingerprint density at radius 3 is 2.47 bits per heavy atom. The molecule has 0 aliphatic carbocycles. The van der Waals surface area contributed by atoms with Gasteiger partial charge in [-0.15, -0.1) is 0 Å². The molecule has 0 radical (unpaired) electrons. The van der Waals surface area contributed by atoms with Crippen molar-refractivity contribution in [2.45, 2.75) is 39.4 Å². The van der Waals surface area contributed by atoms with Crippen molar-refractivity contribution in [3.63, 3.8) is 0 Å². The Labute approximate surface area is 115 Å². The molecule has 0 amide bonds. The van der Waals surface area contributed by atoms with E-state index in [1.807, 2.05) is 38.1 Å². The Morgan fingerprint density at radius 2 is 1.89 bits per heavy atom. The van der Waals surface area contributed by atoms with Gasteiger partial charge in [0.25, 0.3) is 0 Å². The molecule has 2 N–H and O–H groups in total. The Balaban J connectivity index is 2.29. The van der Waals surface area contributed by atoms with Gasteiger partial charge >= 0.3 is 0 Å². The standard InChI is InChI=1S/C15H25NO3/c1-4-9-18-15-7-5-13(6-8-15)16-10-14(17)11-19-12(2)3/h5-8,12,14,16-17H,4,9-11H2,1-3H3. The number of hydrogen-bond acceptors (Lipinski definition) is 4. The van der Waals surface area contributed by atoms with Crippen molar-refractivity contribution in [2.75, 3.05) is 25.1 Å². The van der Waals surface area contributed by atoms with Crippen LogP contribution in [0.1, 0.15) is 27.2 Å². The average molecular weight is 267 g/mol. The first kappa shape index (κ1) is 15.8. The highest BCUT2D eigenvalue weighted by Crippen LogP contribution is 2.15. The zero-order valence-electron chi connectivity index (χ0n) is 12.1. The molecule has 1 aromatic carbocycles. The molecule has 4 nitrogen and oxygen atoms in total. The van der Waals surface area contributed by atoms with Crippen molar-refractivity contribution in [1.82, 2.24) is 0 Å². The van der Waals surface area contributed by atoms with E-state index in [9.17, 15) is 5.11 Å². The summed E-state index contributed by atoms with van der Waals surface area (Å²) in [7, 11) is 0. The van der Waals surface area contributed by atoms with Crippen molar-refractivity contribution in [3.8, 4) is 5.75 Å². The summed E-state index contributed by atoms with van der Waals surface area (Å²) in [5.41, 5.74) is 0.965. The predicted molar refractivity (Wildman–Crippen MR) is 77.8 cm³/mol. The van der Waals surface area contributed by atoms with Crippen molar-refractivity contribution in [3.05, 3.63) is 24.3 Å². The van der Waals surface area contributed by atoms with Crippen molar-refractivity contribution >= 4 is 5.69 Å². The first-order valence-corrected chi connectivity index (χ1v) is 6.88. The molecule has 1 unspecified atom stereocenters. The average Bonchev–Trinajstić information content (AvgIpc) is 2.41. The van der Waals surface area contributed by atoms with E-state index >= 15 is 0 Å². The second-order valence-corrected chi connectivity index (χ2v) is 4.79. The fourth-order valence-electron chi connectivity index (χ4n) is 1.49. The van der Waals surface area contributed by atoms with Gasteiger partial charge in [0.15, 0.2) is 0 Å². The third-order valence-electron chi connectivity index (χ3n) is 2.49. The second-order valence-electron chi connectivity index (χ2n) is 4.79. The van der Waals surface area contributed by atoms with Crippen LogP contribution in [0.3, 0.4) is 0 Å². The van der Waals surface area contributed by atoms with Crippen LogP contribution in [-0.2, 0) is 4.74 Å². The summed E-state index contributed by atoms with van der Waals surface area (Å²) in [6.07, 6.45) is 0.644. The van der Waals surface area contributed by atoms with Gasteiger partial charge in [-0.25, -0.2) is 0 Å². The van der Waals surface area contributed by atoms with Crippen LogP contribution in [0, 0.1) is 0 Å². The number of anilines is 1. The van der Waals surface area contributed by atoms with Crippen LogP contribution in [0.25, 0.3) is 0 Å². The van der Waals surface area contributed by atoms with E-state index in [0.717, 1.165) is 24.5 Å². The molecular formula is C15H25NO3. The Bertz CT molecular complexity index is 338. The predicted octanol–water partition coefficient (Wildman–Crippen LogP) is 2.67. The van der Waals surface area contributed by atoms with E-state index in [4.69, 9.17) is 9.47 Å². The minimum Gasteiger partial charge on any atom is -0.494 e. The fraction of sp³-hybridized carbons (Fsp3) is 0.600. The van der Waals surface area contributed by atoms with Crippen LogP contribution in [0.5, 0.6) is 5.75 Å². The number of hydrogen-bond donors (Lipinski definition) is 2. The molecule has 19 heavy (non-hydrogen) atoms. The van der Waals surface area contributed by atoms with E-state index in [1.165, 1.54) is 0 Å². The summed E-state index contributed by atoms with van der Waals surface area (Å²) in [6, 6.07) is 7.74. The molecule has 1 atom stereocenters. The van der Waals surface area contributed by atoms with Crippen LogP contribution < -0.4 is 10.1 Å². The molecule has 0 fully saturated rings. The Morgan fingerprint density at radius 1 is 1.21 bits per heavy atom. The zero-order valence-corrected chi connectivity index (χ0v) is 12.1. The molecule has 0 saturated heterocycles. The van der Waals surface area contributed by atoms with Gasteiger partial charge in [0, 0.05) is 12.2 Å². The number of aliphatic hydroxyl groups excluding tert-OH is 1. The number of benzene rings is 1. The molecule has 0 spiro atoms. The normalized spacial score (nSPS) is 12.5. The van der Waals surface area contributed by atoms with Gasteiger partial charge in [-0.05, 0) is 44.5 Å². The topological polar surface area (TPSA) is 50.7 Å². The lowest BCUT2D eigenvalue weighted by molar-refractivity contribution is 0.0112. The smallest absolute Gasteiger partial charge is 0.119 e. The van der Waals surface area contributed by atoms with E-state index < -0.39 is 6.10 Å². The summed E-state index contributed by atoms with van der Waals surface area (Å²) >= 11 is 0. The van der Waals surface area contributed by atoms with Crippen molar-refractivity contribution < 1.29 is 14.6 Å². The van der Waals surface area contributed by atoms with E-state index in [-0.39, 0.29) is 6.10 Å². The third-order valence-corrected chi connectivity index (χ3v) is 2.49. The first-order chi connectivity index (χ1) is 9.11. The van der Waals surface area contributed by atoms with Crippen molar-refractivity contribution in [1.29, 1.82) is 0 Å². The molecule has 0 aliphatic rings. The first-order valence-electron chi connectivity index (χ1n) is 6.88. The second kappa shape index (κ2) is 8.77. The lowest BCUT2D eigenvalue weighted by atomic mass is 10.3. The van der Waals surface area contributed by atoms with E-state index in [1.54, 1.807) is 0 Å². The Hall–Kier alpha value is -1.26. The molecule has 108 valence electrons. The van der Waals surface area contributed by atoms with E-state index in [0.29, 0.717) is 13.2 Å². The van der Waals surface area contributed by atoms with Gasteiger partial charge in [-0.3, -0.25) is 0 Å². The third kappa shape index (κ3) is 7.03. The minimum absolute atomic E-state index is 0.143. The van der Waals surface area contributed by atoms with Crippen LogP contribution >= 0.6 is 0 Å². The summed E-state index contributed by atoms with van der Waals surface area (Å²) in [5.74, 6) is 0.871. The monoisotopic (exact) mass is 267 g/mol. The van der Waals surface area contributed by atoms with Crippen LogP contribution in [0.15, 0.2) is 24.3 Å². The largest absolute Gasteiger partial charge is 0.494 e. The van der Waals surface area contributed by atoms with Gasteiger partial charge < -0.3 is 19.9 Å². The lowest BCUT2D eigenvalue weighted by Crippen LogP contribution is -2.26. The summed E-state index contributed by atoms with van der Waals surface area (Å²) in [4.78, 5) is 0. The van der Waals surface area contributed by atoms with Gasteiger partial charge in [-0.1, -0.05) is 6.92 Å². The highest BCUT2D eigenvalue weighted by Gasteiger charge is 2.05. The minimum atomic E-state index is -0.501.